The fourth-order valence-corrected chi connectivity index (χ4v) is 2.56. The third kappa shape index (κ3) is 7.25. The molecule has 0 fully saturated rings. The predicted octanol–water partition coefficient (Wildman–Crippen LogP) is 3.81. The van der Waals surface area contributed by atoms with Crippen LogP contribution in [0.1, 0.15) is 18.1 Å². The highest BCUT2D eigenvalue weighted by atomic mass is 35.5. The molecule has 4 N–H and O–H groups in total. The number of hydrazine groups is 1. The van der Waals surface area contributed by atoms with Crippen LogP contribution in [0, 0.1) is 0 Å². The van der Waals surface area contributed by atoms with Crippen molar-refractivity contribution in [2.24, 2.45) is 0 Å². The molecule has 0 saturated carbocycles. The molecule has 4 nitrogen and oxygen atoms in total. The molecule has 0 spiro atoms. The zero-order valence-electron chi connectivity index (χ0n) is 13.9. The number of thiocarbonyl (C=S) groups is 2. The van der Waals surface area contributed by atoms with Crippen LogP contribution < -0.4 is 21.5 Å². The zero-order chi connectivity index (χ0) is 18.1. The van der Waals surface area contributed by atoms with Crippen molar-refractivity contribution in [3.63, 3.8) is 0 Å². The molecule has 0 bridgehead atoms. The third-order valence-corrected chi connectivity index (χ3v) is 4.22. The van der Waals surface area contributed by atoms with Gasteiger partial charge in [-0.05, 0) is 72.7 Å². The molecule has 0 radical (unpaired) electrons. The number of benzene rings is 2. The number of anilines is 1. The van der Waals surface area contributed by atoms with E-state index in [9.17, 15) is 0 Å². The Balaban J connectivity index is 1.64. The van der Waals surface area contributed by atoms with Gasteiger partial charge >= 0.3 is 0 Å². The van der Waals surface area contributed by atoms with Crippen molar-refractivity contribution in [1.82, 2.24) is 16.2 Å². The Kier molecular flexibility index (Phi) is 7.91. The Labute approximate surface area is 164 Å². The van der Waals surface area contributed by atoms with Crippen LogP contribution in [0.2, 0.25) is 5.02 Å². The molecule has 2 aromatic rings. The number of nitrogens with one attached hydrogen (secondary N) is 4. The van der Waals surface area contributed by atoms with E-state index in [0.717, 1.165) is 23.6 Å². The lowest BCUT2D eigenvalue weighted by Crippen LogP contribution is -2.48. The zero-order valence-corrected chi connectivity index (χ0v) is 16.3. The maximum Gasteiger partial charge on any atom is 0.189 e. The fourth-order valence-electron chi connectivity index (χ4n) is 2.12. The summed E-state index contributed by atoms with van der Waals surface area (Å²) in [7, 11) is 0. The van der Waals surface area contributed by atoms with Gasteiger partial charge in [-0.25, -0.2) is 0 Å². The Morgan fingerprint density at radius 1 is 0.880 bits per heavy atom. The van der Waals surface area contributed by atoms with Crippen LogP contribution in [-0.4, -0.2) is 16.8 Å². The predicted molar refractivity (Wildman–Crippen MR) is 114 cm³/mol. The molecule has 0 aromatic heterocycles. The molecule has 0 saturated heterocycles. The van der Waals surface area contributed by atoms with Gasteiger partial charge in [-0.3, -0.25) is 10.9 Å². The van der Waals surface area contributed by atoms with Gasteiger partial charge in [-0.2, -0.15) is 0 Å². The first-order valence-electron chi connectivity index (χ1n) is 8.01. The first kappa shape index (κ1) is 19.4. The normalized spacial score (nSPS) is 10.0. The number of rotatable bonds is 5. The standard InChI is InChI=1S/C18H21ClN4S2/c1-2-13-5-9-16(10-6-13)21-18(25)23-22-17(24)20-12-11-14-3-7-15(19)8-4-14/h3-10H,2,11-12H2,1H3,(H2,20,22,24)(H2,21,23,25). The summed E-state index contributed by atoms with van der Waals surface area (Å²) < 4.78 is 0. The first-order valence-corrected chi connectivity index (χ1v) is 9.20. The molecular weight excluding hydrogens is 372 g/mol. The van der Waals surface area contributed by atoms with Crippen molar-refractivity contribution in [2.45, 2.75) is 19.8 Å². The average Bonchev–Trinajstić information content (AvgIpc) is 2.62. The second-order valence-electron chi connectivity index (χ2n) is 5.39. The largest absolute Gasteiger partial charge is 0.361 e. The van der Waals surface area contributed by atoms with Crippen LogP contribution in [0.3, 0.4) is 0 Å². The maximum atomic E-state index is 5.87. The van der Waals surface area contributed by atoms with Crippen molar-refractivity contribution in [3.05, 3.63) is 64.7 Å². The van der Waals surface area contributed by atoms with Gasteiger partial charge in [0.25, 0.3) is 0 Å². The van der Waals surface area contributed by atoms with Crippen LogP contribution in [0.15, 0.2) is 48.5 Å². The highest BCUT2D eigenvalue weighted by Gasteiger charge is 2.00. The lowest BCUT2D eigenvalue weighted by molar-refractivity contribution is 0.796. The summed E-state index contributed by atoms with van der Waals surface area (Å²) in [5.74, 6) is 0. The van der Waals surface area contributed by atoms with E-state index in [0.29, 0.717) is 16.8 Å². The molecule has 25 heavy (non-hydrogen) atoms. The smallest absolute Gasteiger partial charge is 0.189 e. The van der Waals surface area contributed by atoms with Crippen LogP contribution in [0.5, 0.6) is 0 Å². The number of aryl methyl sites for hydroxylation is 1. The SMILES string of the molecule is CCc1ccc(NC(=S)NNC(=S)NCCc2ccc(Cl)cc2)cc1. The van der Waals surface area contributed by atoms with Gasteiger partial charge in [0.1, 0.15) is 0 Å². The first-order chi connectivity index (χ1) is 12.1. The summed E-state index contributed by atoms with van der Waals surface area (Å²) in [5, 5.41) is 7.89. The minimum absolute atomic E-state index is 0.450. The van der Waals surface area contributed by atoms with Gasteiger partial charge in [0.05, 0.1) is 0 Å². The summed E-state index contributed by atoms with van der Waals surface area (Å²) in [4.78, 5) is 0. The van der Waals surface area contributed by atoms with Gasteiger partial charge in [0, 0.05) is 17.3 Å². The summed E-state index contributed by atoms with van der Waals surface area (Å²) >= 11 is 16.3. The topological polar surface area (TPSA) is 48.1 Å². The van der Waals surface area contributed by atoms with Crippen LogP contribution in [-0.2, 0) is 12.8 Å². The monoisotopic (exact) mass is 392 g/mol. The molecular formula is C18H21ClN4S2. The minimum atomic E-state index is 0.450. The molecule has 0 aliphatic rings. The molecule has 0 unspecified atom stereocenters. The molecule has 7 heteroatoms. The minimum Gasteiger partial charge on any atom is -0.361 e. The van der Waals surface area contributed by atoms with E-state index in [1.54, 1.807) is 0 Å². The van der Waals surface area contributed by atoms with Gasteiger partial charge < -0.3 is 10.6 Å². The Hall–Kier alpha value is -1.89. The van der Waals surface area contributed by atoms with E-state index in [2.05, 4.69) is 40.5 Å². The Bertz CT molecular complexity index is 702. The van der Waals surface area contributed by atoms with E-state index >= 15 is 0 Å². The summed E-state index contributed by atoms with van der Waals surface area (Å²) in [6, 6.07) is 15.9. The van der Waals surface area contributed by atoms with Crippen molar-refractivity contribution < 1.29 is 0 Å². The maximum absolute atomic E-state index is 5.87. The molecule has 2 rings (SSSR count). The quantitative estimate of drug-likeness (QED) is 0.458. The van der Waals surface area contributed by atoms with Crippen molar-refractivity contribution >= 4 is 51.9 Å². The summed E-state index contributed by atoms with van der Waals surface area (Å²) in [5.41, 5.74) is 9.14. The third-order valence-electron chi connectivity index (χ3n) is 3.52. The van der Waals surface area contributed by atoms with Crippen LogP contribution in [0.4, 0.5) is 5.69 Å². The number of hydrogen-bond acceptors (Lipinski definition) is 2. The highest BCUT2D eigenvalue weighted by Crippen LogP contribution is 2.10. The highest BCUT2D eigenvalue weighted by molar-refractivity contribution is 7.80. The second-order valence-corrected chi connectivity index (χ2v) is 6.64. The number of halogens is 1. The molecule has 0 heterocycles. The lowest BCUT2D eigenvalue weighted by Gasteiger charge is -2.14. The van der Waals surface area contributed by atoms with E-state index < -0.39 is 0 Å². The van der Waals surface area contributed by atoms with E-state index in [4.69, 9.17) is 36.0 Å². The number of hydrogen-bond donors (Lipinski definition) is 4. The molecule has 0 amide bonds. The average molecular weight is 393 g/mol. The van der Waals surface area contributed by atoms with Crippen molar-refractivity contribution in [2.75, 3.05) is 11.9 Å². The van der Waals surface area contributed by atoms with Gasteiger partial charge in [-0.1, -0.05) is 42.8 Å². The molecule has 0 aliphatic heterocycles. The van der Waals surface area contributed by atoms with E-state index in [-0.39, 0.29) is 0 Å². The molecule has 132 valence electrons. The van der Waals surface area contributed by atoms with Crippen LogP contribution in [0.25, 0.3) is 0 Å². The summed E-state index contributed by atoms with van der Waals surface area (Å²) in [6.45, 7) is 2.84. The Morgan fingerprint density at radius 3 is 2.12 bits per heavy atom. The van der Waals surface area contributed by atoms with Crippen molar-refractivity contribution in [1.29, 1.82) is 0 Å². The lowest BCUT2D eigenvalue weighted by atomic mass is 10.1. The van der Waals surface area contributed by atoms with E-state index in [1.165, 1.54) is 11.1 Å². The van der Waals surface area contributed by atoms with Crippen LogP contribution >= 0.6 is 36.0 Å². The fraction of sp³-hybridized carbons (Fsp3) is 0.222. The Morgan fingerprint density at radius 2 is 1.48 bits per heavy atom. The molecule has 2 aromatic carbocycles. The van der Waals surface area contributed by atoms with Gasteiger partial charge in [-0.15, -0.1) is 0 Å². The molecule has 0 atom stereocenters. The second kappa shape index (κ2) is 10.2. The van der Waals surface area contributed by atoms with Gasteiger partial charge in [0.15, 0.2) is 10.2 Å². The van der Waals surface area contributed by atoms with Crippen molar-refractivity contribution in [3.8, 4) is 0 Å². The molecule has 0 aliphatic carbocycles. The summed E-state index contributed by atoms with van der Waals surface area (Å²) in [6.07, 6.45) is 1.87. The van der Waals surface area contributed by atoms with E-state index in [1.807, 2.05) is 36.4 Å². The van der Waals surface area contributed by atoms with Gasteiger partial charge in [0.2, 0.25) is 0 Å².